The van der Waals surface area contributed by atoms with E-state index < -0.39 is 12.8 Å². The van der Waals surface area contributed by atoms with Crippen molar-refractivity contribution in [3.05, 3.63) is 35.5 Å². The van der Waals surface area contributed by atoms with Gasteiger partial charge in [-0.05, 0) is 5.56 Å². The van der Waals surface area contributed by atoms with Crippen molar-refractivity contribution in [2.24, 2.45) is 10.7 Å². The summed E-state index contributed by atoms with van der Waals surface area (Å²) in [5, 5.41) is 2.95. The molecule has 1 aliphatic rings. The number of pyridine rings is 1. The maximum atomic E-state index is 12.1. The Morgan fingerprint density at radius 1 is 1.22 bits per heavy atom. The molecule has 0 unspecified atom stereocenters. The lowest BCUT2D eigenvalue weighted by molar-refractivity contribution is -0.154. The van der Waals surface area contributed by atoms with Gasteiger partial charge in [0.05, 0.1) is 6.54 Å². The highest BCUT2D eigenvalue weighted by Crippen LogP contribution is 2.19. The maximum absolute atomic E-state index is 12.1. The normalized spacial score (nSPS) is 15.9. The molecule has 0 atom stereocenters. The molecule has 0 radical (unpaired) electrons. The predicted octanol–water partition coefficient (Wildman–Crippen LogP) is 2.12. The van der Waals surface area contributed by atoms with Crippen LogP contribution in [0.1, 0.15) is 5.56 Å². The standard InChI is InChI=1S/C16H19F3N6OS/c17-16(18,19)11-26-13-2-1-12(9-22-13)10-23-14(20)24-4-6-25(7-5-24)15-21-3-8-27-15/h1-3,8-9H,4-7,10-11H2,(H2,20,23). The molecule has 1 saturated heterocycles. The summed E-state index contributed by atoms with van der Waals surface area (Å²) in [5.74, 6) is 0.359. The molecule has 3 rings (SSSR count). The molecule has 146 valence electrons. The molecule has 0 amide bonds. The summed E-state index contributed by atoms with van der Waals surface area (Å²) in [4.78, 5) is 16.7. The largest absolute Gasteiger partial charge is 0.468 e. The number of ether oxygens (including phenoxy) is 1. The van der Waals surface area contributed by atoms with Gasteiger partial charge in [0, 0.05) is 50.0 Å². The monoisotopic (exact) mass is 400 g/mol. The van der Waals surface area contributed by atoms with Gasteiger partial charge in [0.1, 0.15) is 0 Å². The number of nitrogens with zero attached hydrogens (tertiary/aromatic N) is 5. The van der Waals surface area contributed by atoms with Crippen LogP contribution in [0.15, 0.2) is 34.9 Å². The van der Waals surface area contributed by atoms with E-state index >= 15 is 0 Å². The fourth-order valence-electron chi connectivity index (χ4n) is 2.52. The van der Waals surface area contributed by atoms with Crippen LogP contribution in [0.25, 0.3) is 0 Å². The molecule has 2 aromatic rings. The summed E-state index contributed by atoms with van der Waals surface area (Å²) in [7, 11) is 0. The highest BCUT2D eigenvalue weighted by molar-refractivity contribution is 7.13. The summed E-state index contributed by atoms with van der Waals surface area (Å²) < 4.78 is 40.9. The van der Waals surface area contributed by atoms with E-state index in [4.69, 9.17) is 5.73 Å². The van der Waals surface area contributed by atoms with Crippen molar-refractivity contribution in [2.45, 2.75) is 12.7 Å². The quantitative estimate of drug-likeness (QED) is 0.612. The van der Waals surface area contributed by atoms with Gasteiger partial charge in [-0.2, -0.15) is 13.2 Å². The van der Waals surface area contributed by atoms with Gasteiger partial charge in [0.2, 0.25) is 5.88 Å². The number of alkyl halides is 3. The molecule has 0 spiro atoms. The molecule has 1 aliphatic heterocycles. The summed E-state index contributed by atoms with van der Waals surface area (Å²) in [6, 6.07) is 3.01. The van der Waals surface area contributed by atoms with Crippen LogP contribution in [-0.2, 0) is 6.54 Å². The number of piperazine rings is 1. The zero-order valence-electron chi connectivity index (χ0n) is 14.4. The van der Waals surface area contributed by atoms with E-state index in [-0.39, 0.29) is 5.88 Å². The highest BCUT2D eigenvalue weighted by atomic mass is 32.1. The van der Waals surface area contributed by atoms with Crippen molar-refractivity contribution >= 4 is 22.4 Å². The topological polar surface area (TPSA) is 79.9 Å². The van der Waals surface area contributed by atoms with Crippen molar-refractivity contribution in [1.29, 1.82) is 0 Å². The van der Waals surface area contributed by atoms with E-state index in [2.05, 4.69) is 24.6 Å². The number of anilines is 1. The first kappa shape index (κ1) is 19.2. The minimum atomic E-state index is -4.39. The fraction of sp³-hybridized carbons (Fsp3) is 0.438. The Morgan fingerprint density at radius 2 is 2.00 bits per heavy atom. The third-order valence-electron chi connectivity index (χ3n) is 3.90. The molecule has 0 aliphatic carbocycles. The molecule has 2 aromatic heterocycles. The SMILES string of the molecule is NC(=NCc1ccc(OCC(F)(F)F)nc1)N1CCN(c2nccs2)CC1. The lowest BCUT2D eigenvalue weighted by Crippen LogP contribution is -2.51. The van der Waals surface area contributed by atoms with Gasteiger partial charge in [-0.1, -0.05) is 6.07 Å². The third-order valence-corrected chi connectivity index (χ3v) is 4.73. The van der Waals surface area contributed by atoms with E-state index in [1.54, 1.807) is 23.6 Å². The van der Waals surface area contributed by atoms with E-state index in [9.17, 15) is 13.2 Å². The molecule has 27 heavy (non-hydrogen) atoms. The molecule has 1 fully saturated rings. The number of rotatable bonds is 5. The zero-order valence-corrected chi connectivity index (χ0v) is 15.2. The number of nitrogens with two attached hydrogens (primary N) is 1. The van der Waals surface area contributed by atoms with E-state index in [1.807, 2.05) is 10.3 Å². The van der Waals surface area contributed by atoms with Gasteiger partial charge in [-0.25, -0.2) is 15.0 Å². The van der Waals surface area contributed by atoms with Crippen LogP contribution in [0, 0.1) is 0 Å². The van der Waals surface area contributed by atoms with Crippen LogP contribution in [0.4, 0.5) is 18.3 Å². The Morgan fingerprint density at radius 3 is 2.59 bits per heavy atom. The van der Waals surface area contributed by atoms with Crippen molar-refractivity contribution < 1.29 is 17.9 Å². The Kier molecular flexibility index (Phi) is 5.99. The van der Waals surface area contributed by atoms with Gasteiger partial charge in [0.15, 0.2) is 17.7 Å². The first-order chi connectivity index (χ1) is 12.9. The predicted molar refractivity (Wildman–Crippen MR) is 97.0 cm³/mol. The second-order valence-electron chi connectivity index (χ2n) is 5.87. The third kappa shape index (κ3) is 5.71. The summed E-state index contributed by atoms with van der Waals surface area (Å²) in [5.41, 5.74) is 6.80. The number of hydrogen-bond donors (Lipinski definition) is 1. The van der Waals surface area contributed by atoms with Crippen LogP contribution >= 0.6 is 11.3 Å². The van der Waals surface area contributed by atoms with Crippen LogP contribution in [-0.4, -0.2) is 59.8 Å². The van der Waals surface area contributed by atoms with Crippen LogP contribution < -0.4 is 15.4 Å². The Bertz CT molecular complexity index is 743. The van der Waals surface area contributed by atoms with Crippen molar-refractivity contribution in [3.8, 4) is 5.88 Å². The number of hydrogen-bond acceptors (Lipinski definition) is 6. The van der Waals surface area contributed by atoms with Gasteiger partial charge < -0.3 is 20.3 Å². The number of halogens is 3. The first-order valence-electron chi connectivity index (χ1n) is 8.24. The van der Waals surface area contributed by atoms with Crippen LogP contribution in [0.3, 0.4) is 0 Å². The minimum absolute atomic E-state index is 0.0775. The Hall–Kier alpha value is -2.56. The van der Waals surface area contributed by atoms with E-state index in [1.165, 1.54) is 12.3 Å². The average molecular weight is 400 g/mol. The lowest BCUT2D eigenvalue weighted by atomic mass is 10.3. The molecule has 3 heterocycles. The van der Waals surface area contributed by atoms with E-state index in [0.29, 0.717) is 12.5 Å². The minimum Gasteiger partial charge on any atom is -0.468 e. The molecule has 7 nitrogen and oxygen atoms in total. The molecule has 0 bridgehead atoms. The number of guanidine groups is 1. The maximum Gasteiger partial charge on any atom is 0.422 e. The Labute approximate surface area is 158 Å². The molecule has 11 heteroatoms. The molecular weight excluding hydrogens is 381 g/mol. The Balaban J connectivity index is 1.47. The lowest BCUT2D eigenvalue weighted by Gasteiger charge is -2.35. The van der Waals surface area contributed by atoms with Gasteiger partial charge in [-0.3, -0.25) is 0 Å². The number of aromatic nitrogens is 2. The second kappa shape index (κ2) is 8.42. The highest BCUT2D eigenvalue weighted by Gasteiger charge is 2.28. The number of thiazole rings is 1. The summed E-state index contributed by atoms with van der Waals surface area (Å²) in [6.07, 6.45) is -1.17. The summed E-state index contributed by atoms with van der Waals surface area (Å²) >= 11 is 1.61. The number of aliphatic imine (C=N–C) groups is 1. The summed E-state index contributed by atoms with van der Waals surface area (Å²) in [6.45, 7) is 2.06. The molecule has 2 N–H and O–H groups in total. The van der Waals surface area contributed by atoms with Crippen LogP contribution in [0.2, 0.25) is 0 Å². The first-order valence-corrected chi connectivity index (χ1v) is 9.12. The molecule has 0 saturated carbocycles. The molecule has 0 aromatic carbocycles. The fourth-order valence-corrected chi connectivity index (χ4v) is 3.21. The zero-order chi connectivity index (χ0) is 19.3. The second-order valence-corrected chi connectivity index (χ2v) is 6.74. The van der Waals surface area contributed by atoms with Gasteiger partial charge >= 0.3 is 6.18 Å². The van der Waals surface area contributed by atoms with Crippen LogP contribution in [0.5, 0.6) is 5.88 Å². The molecular formula is C16H19F3N6OS. The van der Waals surface area contributed by atoms with E-state index in [0.717, 1.165) is 36.9 Å². The van der Waals surface area contributed by atoms with Crippen molar-refractivity contribution in [1.82, 2.24) is 14.9 Å². The van der Waals surface area contributed by atoms with Gasteiger partial charge in [0.25, 0.3) is 0 Å². The van der Waals surface area contributed by atoms with Crippen molar-refractivity contribution in [3.63, 3.8) is 0 Å². The van der Waals surface area contributed by atoms with Gasteiger partial charge in [-0.15, -0.1) is 11.3 Å². The van der Waals surface area contributed by atoms with Crippen molar-refractivity contribution in [2.75, 3.05) is 37.7 Å². The smallest absolute Gasteiger partial charge is 0.422 e. The average Bonchev–Trinajstić information content (AvgIpc) is 3.19.